The summed E-state index contributed by atoms with van der Waals surface area (Å²) in [6.07, 6.45) is 2.22. The number of anilines is 1. The molecule has 1 aromatic rings. The van der Waals surface area contributed by atoms with Crippen molar-refractivity contribution in [2.24, 2.45) is 0 Å². The molecular formula is C13H20N2O2S. The van der Waals surface area contributed by atoms with Gasteiger partial charge in [0.25, 0.3) is 0 Å². The summed E-state index contributed by atoms with van der Waals surface area (Å²) < 4.78 is 0. The van der Waals surface area contributed by atoms with Crippen LogP contribution in [0.15, 0.2) is 11.4 Å². The van der Waals surface area contributed by atoms with Crippen molar-refractivity contribution in [1.82, 2.24) is 4.90 Å². The van der Waals surface area contributed by atoms with E-state index in [9.17, 15) is 4.79 Å². The third kappa shape index (κ3) is 2.84. The average molecular weight is 268 g/mol. The van der Waals surface area contributed by atoms with Crippen molar-refractivity contribution in [3.8, 4) is 0 Å². The normalized spacial score (nSPS) is 21.9. The first-order valence-corrected chi connectivity index (χ1v) is 7.26. The van der Waals surface area contributed by atoms with Crippen molar-refractivity contribution < 1.29 is 9.90 Å². The number of aromatic carboxylic acids is 1. The van der Waals surface area contributed by atoms with Gasteiger partial charge in [-0.15, -0.1) is 11.3 Å². The van der Waals surface area contributed by atoms with Crippen molar-refractivity contribution in [2.45, 2.75) is 25.8 Å². The standard InChI is InChI=1S/C13H20N2O2S/c1-3-10-8-14(2)5-4-6-15(10)11-7-12(13(16)17)18-9-11/h7,9-10H,3-6,8H2,1-2H3,(H,16,17). The zero-order valence-electron chi connectivity index (χ0n) is 10.9. The van der Waals surface area contributed by atoms with Crippen LogP contribution >= 0.6 is 11.3 Å². The molecule has 2 heterocycles. The fourth-order valence-corrected chi connectivity index (χ4v) is 3.26. The fraction of sp³-hybridized carbons (Fsp3) is 0.615. The van der Waals surface area contributed by atoms with Gasteiger partial charge in [0.05, 0.1) is 0 Å². The molecule has 1 saturated heterocycles. The maximum absolute atomic E-state index is 11.0. The monoisotopic (exact) mass is 268 g/mol. The topological polar surface area (TPSA) is 43.8 Å². The van der Waals surface area contributed by atoms with Crippen molar-refractivity contribution >= 4 is 23.0 Å². The van der Waals surface area contributed by atoms with Gasteiger partial charge in [0, 0.05) is 30.2 Å². The number of hydrogen-bond donors (Lipinski definition) is 1. The van der Waals surface area contributed by atoms with Crippen LogP contribution in [0.5, 0.6) is 0 Å². The quantitative estimate of drug-likeness (QED) is 0.914. The van der Waals surface area contributed by atoms with Crippen LogP contribution in [-0.2, 0) is 0 Å². The maximum Gasteiger partial charge on any atom is 0.345 e. The molecule has 18 heavy (non-hydrogen) atoms. The van der Waals surface area contributed by atoms with Crippen molar-refractivity contribution in [3.63, 3.8) is 0 Å². The molecule has 2 rings (SSSR count). The molecule has 5 heteroatoms. The highest BCUT2D eigenvalue weighted by molar-refractivity contribution is 7.12. The van der Waals surface area contributed by atoms with E-state index in [0.29, 0.717) is 10.9 Å². The van der Waals surface area contributed by atoms with E-state index in [1.54, 1.807) is 6.07 Å². The summed E-state index contributed by atoms with van der Waals surface area (Å²) in [5.74, 6) is -0.828. The molecule has 0 spiro atoms. The predicted octanol–water partition coefficient (Wildman–Crippen LogP) is 2.37. The van der Waals surface area contributed by atoms with Gasteiger partial charge < -0.3 is 14.9 Å². The minimum atomic E-state index is -0.828. The van der Waals surface area contributed by atoms with E-state index in [4.69, 9.17) is 5.11 Å². The van der Waals surface area contributed by atoms with Gasteiger partial charge in [0.2, 0.25) is 0 Å². The maximum atomic E-state index is 11.0. The van der Waals surface area contributed by atoms with Gasteiger partial charge in [-0.2, -0.15) is 0 Å². The smallest absolute Gasteiger partial charge is 0.345 e. The highest BCUT2D eigenvalue weighted by atomic mass is 32.1. The first kappa shape index (κ1) is 13.4. The Kier molecular flexibility index (Phi) is 4.24. The minimum absolute atomic E-state index is 0.428. The summed E-state index contributed by atoms with van der Waals surface area (Å²) in [4.78, 5) is 16.1. The van der Waals surface area contributed by atoms with E-state index < -0.39 is 5.97 Å². The van der Waals surface area contributed by atoms with Crippen LogP contribution in [0.3, 0.4) is 0 Å². The van der Waals surface area contributed by atoms with Gasteiger partial charge in [-0.3, -0.25) is 0 Å². The minimum Gasteiger partial charge on any atom is -0.477 e. The predicted molar refractivity (Wildman–Crippen MR) is 74.8 cm³/mol. The molecule has 0 aromatic carbocycles. The largest absolute Gasteiger partial charge is 0.477 e. The molecule has 4 nitrogen and oxygen atoms in total. The van der Waals surface area contributed by atoms with E-state index in [1.165, 1.54) is 11.3 Å². The molecule has 1 aliphatic heterocycles. The molecule has 1 fully saturated rings. The first-order valence-electron chi connectivity index (χ1n) is 6.38. The SMILES string of the molecule is CCC1CN(C)CCCN1c1csc(C(=O)O)c1. The van der Waals surface area contributed by atoms with Crippen LogP contribution in [0, 0.1) is 0 Å². The lowest BCUT2D eigenvalue weighted by Crippen LogP contribution is -2.39. The Hall–Kier alpha value is -1.07. The van der Waals surface area contributed by atoms with Crippen LogP contribution in [0.2, 0.25) is 0 Å². The summed E-state index contributed by atoms with van der Waals surface area (Å²) >= 11 is 1.32. The van der Waals surface area contributed by atoms with Gasteiger partial charge in [-0.1, -0.05) is 6.92 Å². The van der Waals surface area contributed by atoms with Crippen LogP contribution in [0.4, 0.5) is 5.69 Å². The van der Waals surface area contributed by atoms with Gasteiger partial charge in [-0.25, -0.2) is 4.79 Å². The molecule has 0 aliphatic carbocycles. The molecule has 1 atom stereocenters. The Bertz CT molecular complexity index is 419. The highest BCUT2D eigenvalue weighted by Crippen LogP contribution is 2.27. The molecule has 100 valence electrons. The van der Waals surface area contributed by atoms with E-state index in [0.717, 1.165) is 38.2 Å². The van der Waals surface area contributed by atoms with Crippen molar-refractivity contribution in [2.75, 3.05) is 31.6 Å². The van der Waals surface area contributed by atoms with E-state index in [-0.39, 0.29) is 0 Å². The second kappa shape index (κ2) is 5.71. The Balaban J connectivity index is 2.20. The summed E-state index contributed by atoms with van der Waals surface area (Å²) in [6, 6.07) is 2.29. The van der Waals surface area contributed by atoms with Crippen LogP contribution in [0.1, 0.15) is 29.4 Å². The Labute approximate surface area is 112 Å². The highest BCUT2D eigenvalue weighted by Gasteiger charge is 2.23. The number of hydrogen-bond acceptors (Lipinski definition) is 4. The molecule has 0 bridgehead atoms. The number of nitrogens with zero attached hydrogens (tertiary/aromatic N) is 2. The number of thiophene rings is 1. The van der Waals surface area contributed by atoms with Crippen LogP contribution < -0.4 is 4.90 Å². The number of rotatable bonds is 3. The molecule has 1 unspecified atom stereocenters. The molecule has 0 radical (unpaired) electrons. The molecular weight excluding hydrogens is 248 g/mol. The third-order valence-electron chi connectivity index (χ3n) is 3.50. The molecule has 0 amide bonds. The lowest BCUT2D eigenvalue weighted by Gasteiger charge is -2.31. The first-order chi connectivity index (χ1) is 8.61. The number of carbonyl (C=O) groups is 1. The van der Waals surface area contributed by atoms with E-state index in [1.807, 2.05) is 5.38 Å². The number of carboxylic acid groups (broad SMARTS) is 1. The lowest BCUT2D eigenvalue weighted by atomic mass is 10.1. The fourth-order valence-electron chi connectivity index (χ4n) is 2.52. The van der Waals surface area contributed by atoms with Gasteiger partial charge in [-0.05, 0) is 32.5 Å². The van der Waals surface area contributed by atoms with Crippen molar-refractivity contribution in [1.29, 1.82) is 0 Å². The second-order valence-electron chi connectivity index (χ2n) is 4.85. The molecule has 0 saturated carbocycles. The van der Waals surface area contributed by atoms with Gasteiger partial charge in [0.1, 0.15) is 4.88 Å². The average Bonchev–Trinajstić information content (AvgIpc) is 2.74. The van der Waals surface area contributed by atoms with E-state index >= 15 is 0 Å². The summed E-state index contributed by atoms with van der Waals surface area (Å²) in [7, 11) is 2.16. The van der Waals surface area contributed by atoms with Gasteiger partial charge >= 0.3 is 5.97 Å². The molecule has 1 aromatic heterocycles. The zero-order valence-corrected chi connectivity index (χ0v) is 11.7. The Morgan fingerprint density at radius 1 is 1.56 bits per heavy atom. The number of likely N-dealkylation sites (N-methyl/N-ethyl adjacent to an activating group) is 1. The third-order valence-corrected chi connectivity index (χ3v) is 4.41. The molecule has 1 aliphatic rings. The second-order valence-corrected chi connectivity index (χ2v) is 5.76. The Morgan fingerprint density at radius 3 is 2.94 bits per heavy atom. The molecule has 1 N–H and O–H groups in total. The van der Waals surface area contributed by atoms with Crippen LogP contribution in [0.25, 0.3) is 0 Å². The van der Waals surface area contributed by atoms with E-state index in [2.05, 4.69) is 23.8 Å². The Morgan fingerprint density at radius 2 is 2.33 bits per heavy atom. The summed E-state index contributed by atoms with van der Waals surface area (Å²) in [5.41, 5.74) is 1.07. The number of carboxylic acids is 1. The summed E-state index contributed by atoms with van der Waals surface area (Å²) in [5, 5.41) is 11.0. The van der Waals surface area contributed by atoms with Gasteiger partial charge in [0.15, 0.2) is 0 Å². The van der Waals surface area contributed by atoms with Crippen molar-refractivity contribution in [3.05, 3.63) is 16.3 Å². The lowest BCUT2D eigenvalue weighted by molar-refractivity contribution is 0.0702. The summed E-state index contributed by atoms with van der Waals surface area (Å²) in [6.45, 7) is 5.37. The zero-order chi connectivity index (χ0) is 13.1. The van der Waals surface area contributed by atoms with Crippen LogP contribution in [-0.4, -0.2) is 48.7 Å².